The van der Waals surface area contributed by atoms with Crippen molar-refractivity contribution >= 4 is 13.3 Å². The summed E-state index contributed by atoms with van der Waals surface area (Å²) in [5, 5.41) is 0. The van der Waals surface area contributed by atoms with Gasteiger partial charge in [-0.2, -0.15) is 0 Å². The normalized spacial score (nSPS) is 8.38. The highest BCUT2D eigenvalue weighted by Crippen LogP contribution is 2.06. The van der Waals surface area contributed by atoms with Gasteiger partial charge in [0.05, 0.1) is 0 Å². The summed E-state index contributed by atoms with van der Waals surface area (Å²) in [6.07, 6.45) is 2.96. The molecule has 2 heteroatoms. The Balaban J connectivity index is 0. The van der Waals surface area contributed by atoms with Gasteiger partial charge in [0, 0.05) is 0 Å². The van der Waals surface area contributed by atoms with Crippen LogP contribution in [0.4, 0.5) is 4.39 Å². The summed E-state index contributed by atoms with van der Waals surface area (Å²) in [5.41, 5.74) is 1.35. The van der Waals surface area contributed by atoms with Crippen molar-refractivity contribution in [3.63, 3.8) is 0 Å². The number of rotatable bonds is 2. The molecule has 0 saturated heterocycles. The zero-order chi connectivity index (χ0) is 13.0. The van der Waals surface area contributed by atoms with Gasteiger partial charge in [-0.25, -0.2) is 4.39 Å². The molecule has 0 nitrogen and oxygen atoms in total. The number of hydrogen-bond donors (Lipinski definition) is 0. The fourth-order valence-corrected chi connectivity index (χ4v) is 1.06. The monoisotopic (exact) mass is 222 g/mol. The molecule has 90 valence electrons. The van der Waals surface area contributed by atoms with Gasteiger partial charge < -0.3 is 0 Å². The largest absolute Gasteiger partial charge is 0.207 e. The minimum Gasteiger partial charge on any atom is -0.207 e. The highest BCUT2D eigenvalue weighted by molar-refractivity contribution is 6.32. The Morgan fingerprint density at radius 3 is 2.06 bits per heavy atom. The summed E-state index contributed by atoms with van der Waals surface area (Å²) in [6.45, 7) is 10.3. The summed E-state index contributed by atoms with van der Waals surface area (Å²) in [5.74, 6) is -0.152. The second-order valence-electron chi connectivity index (χ2n) is 3.31. The Morgan fingerprint density at radius 1 is 1.12 bits per heavy atom. The van der Waals surface area contributed by atoms with E-state index in [4.69, 9.17) is 7.85 Å². The van der Waals surface area contributed by atoms with E-state index in [2.05, 4.69) is 13.8 Å². The molecule has 0 fully saturated rings. The van der Waals surface area contributed by atoms with E-state index in [0.29, 0.717) is 11.0 Å². The molecule has 0 atom stereocenters. The second kappa shape index (κ2) is 12.3. The molecule has 0 N–H and O–H groups in total. The van der Waals surface area contributed by atoms with E-state index >= 15 is 0 Å². The first-order valence-electron chi connectivity index (χ1n) is 6.19. The highest BCUT2D eigenvalue weighted by atomic mass is 19.1. The van der Waals surface area contributed by atoms with Crippen LogP contribution in [0.1, 0.15) is 53.0 Å². The van der Waals surface area contributed by atoms with Crippen molar-refractivity contribution in [3.8, 4) is 0 Å². The van der Waals surface area contributed by atoms with Crippen LogP contribution in [0.15, 0.2) is 18.2 Å². The maximum absolute atomic E-state index is 12.9. The lowest BCUT2D eigenvalue weighted by atomic mass is 9.93. The topological polar surface area (TPSA) is 0 Å². The van der Waals surface area contributed by atoms with Crippen LogP contribution >= 0.6 is 0 Å². The van der Waals surface area contributed by atoms with Gasteiger partial charge in [0.1, 0.15) is 13.7 Å². The van der Waals surface area contributed by atoms with Gasteiger partial charge in [-0.05, 0) is 18.1 Å². The molecule has 2 radical (unpaired) electrons. The summed E-state index contributed by atoms with van der Waals surface area (Å²) in [7, 11) is 5.49. The van der Waals surface area contributed by atoms with Crippen LogP contribution in [0, 0.1) is 5.82 Å². The molecule has 0 heterocycles. The Labute approximate surface area is 102 Å². The Kier molecular flexibility index (Phi) is 13.5. The summed E-state index contributed by atoms with van der Waals surface area (Å²) < 4.78 is 12.9. The first kappa shape index (κ1) is 17.6. The van der Waals surface area contributed by atoms with Crippen LogP contribution in [0.25, 0.3) is 0 Å². The van der Waals surface area contributed by atoms with E-state index < -0.39 is 0 Å². The Morgan fingerprint density at radius 2 is 1.62 bits per heavy atom. The number of halogens is 1. The van der Waals surface area contributed by atoms with E-state index in [1.165, 1.54) is 12.5 Å². The Hall–Kier alpha value is -0.785. The average molecular weight is 222 g/mol. The van der Waals surface area contributed by atoms with Crippen LogP contribution in [0.5, 0.6) is 0 Å². The van der Waals surface area contributed by atoms with Gasteiger partial charge in [0.2, 0.25) is 0 Å². The van der Waals surface area contributed by atoms with Crippen molar-refractivity contribution in [2.45, 2.75) is 53.9 Å². The molecule has 0 aliphatic heterocycles. The molecule has 1 rings (SSSR count). The molecule has 0 aliphatic carbocycles. The third kappa shape index (κ3) is 8.52. The van der Waals surface area contributed by atoms with E-state index in [1.54, 1.807) is 12.1 Å². The van der Waals surface area contributed by atoms with Gasteiger partial charge in [-0.1, -0.05) is 65.1 Å². The van der Waals surface area contributed by atoms with Crippen molar-refractivity contribution in [1.29, 1.82) is 0 Å². The van der Waals surface area contributed by atoms with Crippen molar-refractivity contribution in [1.82, 2.24) is 0 Å². The zero-order valence-electron chi connectivity index (χ0n) is 11.3. The van der Waals surface area contributed by atoms with Crippen LogP contribution in [-0.4, -0.2) is 7.85 Å². The molecule has 1 aromatic carbocycles. The van der Waals surface area contributed by atoms with Crippen LogP contribution in [-0.2, 0) is 6.42 Å². The van der Waals surface area contributed by atoms with Crippen molar-refractivity contribution in [3.05, 3.63) is 29.6 Å². The highest BCUT2D eigenvalue weighted by Gasteiger charge is 1.99. The number of hydrogen-bond acceptors (Lipinski definition) is 0. The molecule has 0 aliphatic rings. The molecule has 0 amide bonds. The van der Waals surface area contributed by atoms with Crippen LogP contribution < -0.4 is 5.46 Å². The molecule has 0 unspecified atom stereocenters. The lowest BCUT2D eigenvalue weighted by Gasteiger charge is -2.01. The van der Waals surface area contributed by atoms with E-state index in [9.17, 15) is 4.39 Å². The SMILES string of the molecule is CC.CCC.[B]c1ccc(F)c(CCC)c1. The first-order chi connectivity index (χ1) is 7.65. The third-order valence-corrected chi connectivity index (χ3v) is 1.59. The molecule has 1 aromatic rings. The fraction of sp³-hybridized carbons (Fsp3) is 0.571. The maximum Gasteiger partial charge on any atom is 0.126 e. The second-order valence-corrected chi connectivity index (χ2v) is 3.31. The first-order valence-corrected chi connectivity index (χ1v) is 6.19. The van der Waals surface area contributed by atoms with Gasteiger partial charge in [0.15, 0.2) is 0 Å². The van der Waals surface area contributed by atoms with Crippen LogP contribution in [0.3, 0.4) is 0 Å². The van der Waals surface area contributed by atoms with Gasteiger partial charge in [-0.15, -0.1) is 0 Å². The van der Waals surface area contributed by atoms with E-state index in [1.807, 2.05) is 20.8 Å². The van der Waals surface area contributed by atoms with Crippen molar-refractivity contribution < 1.29 is 4.39 Å². The third-order valence-electron chi connectivity index (χ3n) is 1.59. The molecular formula is C14H24BF. The molecule has 0 saturated carbocycles. The lowest BCUT2D eigenvalue weighted by molar-refractivity contribution is 0.608. The maximum atomic E-state index is 12.9. The average Bonchev–Trinajstić information content (AvgIpc) is 2.28. The quantitative estimate of drug-likeness (QED) is 0.663. The Bertz CT molecular complexity index is 259. The summed E-state index contributed by atoms with van der Waals surface area (Å²) in [4.78, 5) is 0. The lowest BCUT2D eigenvalue weighted by Crippen LogP contribution is -2.04. The molecule has 0 spiro atoms. The fourth-order valence-electron chi connectivity index (χ4n) is 1.06. The van der Waals surface area contributed by atoms with Gasteiger partial charge >= 0.3 is 0 Å². The molecular weight excluding hydrogens is 198 g/mol. The van der Waals surface area contributed by atoms with Crippen molar-refractivity contribution in [2.75, 3.05) is 0 Å². The van der Waals surface area contributed by atoms with Crippen molar-refractivity contribution in [2.24, 2.45) is 0 Å². The molecule has 0 aromatic heterocycles. The van der Waals surface area contributed by atoms with Gasteiger partial charge in [-0.3, -0.25) is 0 Å². The minimum absolute atomic E-state index is 0.152. The molecule has 16 heavy (non-hydrogen) atoms. The van der Waals surface area contributed by atoms with Crippen LogP contribution in [0.2, 0.25) is 0 Å². The predicted molar refractivity (Wildman–Crippen MR) is 73.1 cm³/mol. The number of benzene rings is 1. The molecule has 0 bridgehead atoms. The smallest absolute Gasteiger partial charge is 0.126 e. The summed E-state index contributed by atoms with van der Waals surface area (Å²) in [6, 6.07) is 4.69. The summed E-state index contributed by atoms with van der Waals surface area (Å²) >= 11 is 0. The van der Waals surface area contributed by atoms with Gasteiger partial charge in [0.25, 0.3) is 0 Å². The zero-order valence-corrected chi connectivity index (χ0v) is 11.3. The van der Waals surface area contributed by atoms with E-state index in [0.717, 1.165) is 12.8 Å². The standard InChI is InChI=1S/C9H10BF.C3H8.C2H6/c1-2-3-7-6-8(10)4-5-9(7)11;1-3-2;1-2/h4-6H,2-3H2,1H3;3H2,1-2H3;1-2H3. The van der Waals surface area contributed by atoms with E-state index in [-0.39, 0.29) is 5.82 Å². The predicted octanol–water partition coefficient (Wildman–Crippen LogP) is 4.01. The minimum atomic E-state index is -0.152. The number of aryl methyl sites for hydroxylation is 1.